The zero-order valence-corrected chi connectivity index (χ0v) is 12.5. The highest BCUT2D eigenvalue weighted by Crippen LogP contribution is 2.31. The molecule has 0 atom stereocenters. The average molecular weight is 342 g/mol. The Kier molecular flexibility index (Phi) is 4.73. The van der Waals surface area contributed by atoms with E-state index in [2.05, 4.69) is 15.9 Å². The summed E-state index contributed by atoms with van der Waals surface area (Å²) < 4.78 is 33.0. The van der Waals surface area contributed by atoms with Crippen LogP contribution in [0.1, 0.15) is 11.1 Å². The minimum absolute atomic E-state index is 0.148. The lowest BCUT2D eigenvalue weighted by Crippen LogP contribution is -2.03. The third-order valence-electron chi connectivity index (χ3n) is 2.87. The summed E-state index contributed by atoms with van der Waals surface area (Å²) in [5.41, 5.74) is 7.34. The van der Waals surface area contributed by atoms with Crippen LogP contribution in [0.2, 0.25) is 0 Å². The van der Waals surface area contributed by atoms with Crippen LogP contribution in [-0.2, 0) is 6.42 Å². The summed E-state index contributed by atoms with van der Waals surface area (Å²) in [7, 11) is 0. The van der Waals surface area contributed by atoms with Crippen LogP contribution in [0.15, 0.2) is 34.8 Å². The van der Waals surface area contributed by atoms with Crippen LogP contribution in [0.5, 0.6) is 11.5 Å². The maximum Gasteiger partial charge on any atom is 0.201 e. The Morgan fingerprint density at radius 1 is 1.15 bits per heavy atom. The number of ether oxygens (including phenoxy) is 1. The molecule has 2 aromatic rings. The second-order valence-corrected chi connectivity index (χ2v) is 5.36. The predicted octanol–water partition coefficient (Wildman–Crippen LogP) is 4.33. The van der Waals surface area contributed by atoms with Gasteiger partial charge in [0.1, 0.15) is 5.75 Å². The van der Waals surface area contributed by atoms with E-state index >= 15 is 0 Å². The molecule has 0 spiro atoms. The highest BCUT2D eigenvalue weighted by atomic mass is 79.9. The molecule has 0 heterocycles. The van der Waals surface area contributed by atoms with Gasteiger partial charge in [-0.2, -0.15) is 4.39 Å². The van der Waals surface area contributed by atoms with Crippen LogP contribution in [0.25, 0.3) is 0 Å². The standard InChI is InChI=1S/C15H14BrF2NO/c1-9-2-3-10(4-5-19)6-13(9)20-14-8-11(16)7-12(17)15(14)18/h2-3,6-8H,4-5,19H2,1H3. The lowest BCUT2D eigenvalue weighted by molar-refractivity contribution is 0.413. The molecule has 0 aliphatic carbocycles. The van der Waals surface area contributed by atoms with Gasteiger partial charge in [0.25, 0.3) is 0 Å². The fourth-order valence-electron chi connectivity index (χ4n) is 1.80. The van der Waals surface area contributed by atoms with Crippen molar-refractivity contribution in [3.8, 4) is 11.5 Å². The normalized spacial score (nSPS) is 10.7. The Labute approximate surface area is 124 Å². The van der Waals surface area contributed by atoms with Crippen LogP contribution in [0.4, 0.5) is 8.78 Å². The van der Waals surface area contributed by atoms with E-state index in [9.17, 15) is 8.78 Å². The number of halogens is 3. The third kappa shape index (κ3) is 3.35. The summed E-state index contributed by atoms with van der Waals surface area (Å²) in [4.78, 5) is 0. The van der Waals surface area contributed by atoms with Gasteiger partial charge in [-0.15, -0.1) is 0 Å². The van der Waals surface area contributed by atoms with Crippen molar-refractivity contribution in [1.82, 2.24) is 0 Å². The van der Waals surface area contributed by atoms with Crippen molar-refractivity contribution in [2.75, 3.05) is 6.54 Å². The number of nitrogens with two attached hydrogens (primary N) is 1. The van der Waals surface area contributed by atoms with Gasteiger partial charge in [0.05, 0.1) is 0 Å². The minimum Gasteiger partial charge on any atom is -0.454 e. The van der Waals surface area contributed by atoms with E-state index in [1.165, 1.54) is 6.07 Å². The van der Waals surface area contributed by atoms with Crippen molar-refractivity contribution in [3.63, 3.8) is 0 Å². The van der Waals surface area contributed by atoms with Crippen LogP contribution in [-0.4, -0.2) is 6.54 Å². The Morgan fingerprint density at radius 3 is 2.60 bits per heavy atom. The summed E-state index contributed by atoms with van der Waals surface area (Å²) in [5, 5.41) is 0. The molecule has 106 valence electrons. The molecule has 2 rings (SSSR count). The first kappa shape index (κ1) is 14.9. The van der Waals surface area contributed by atoms with Crippen molar-refractivity contribution in [1.29, 1.82) is 0 Å². The zero-order chi connectivity index (χ0) is 14.7. The van der Waals surface area contributed by atoms with E-state index < -0.39 is 11.6 Å². The van der Waals surface area contributed by atoms with E-state index in [0.29, 0.717) is 23.2 Å². The van der Waals surface area contributed by atoms with Gasteiger partial charge in [-0.05, 0) is 49.2 Å². The van der Waals surface area contributed by atoms with Crippen molar-refractivity contribution in [3.05, 3.63) is 57.6 Å². The van der Waals surface area contributed by atoms with E-state index in [1.54, 1.807) is 6.07 Å². The molecule has 0 bridgehead atoms. The summed E-state index contributed by atoms with van der Waals surface area (Å²) in [6.07, 6.45) is 0.700. The summed E-state index contributed by atoms with van der Waals surface area (Å²) in [6.45, 7) is 2.36. The molecule has 2 N–H and O–H groups in total. The van der Waals surface area contributed by atoms with Crippen LogP contribution in [0, 0.1) is 18.6 Å². The molecule has 0 saturated heterocycles. The Morgan fingerprint density at radius 2 is 1.90 bits per heavy atom. The topological polar surface area (TPSA) is 35.2 Å². The summed E-state index contributed by atoms with van der Waals surface area (Å²) >= 11 is 3.12. The maximum atomic E-state index is 13.7. The van der Waals surface area contributed by atoms with Gasteiger partial charge in [-0.25, -0.2) is 4.39 Å². The fourth-order valence-corrected chi connectivity index (χ4v) is 2.21. The lowest BCUT2D eigenvalue weighted by Gasteiger charge is -2.12. The second kappa shape index (κ2) is 6.33. The van der Waals surface area contributed by atoms with Crippen molar-refractivity contribution < 1.29 is 13.5 Å². The molecule has 2 aromatic carbocycles. The molecule has 5 heteroatoms. The van der Waals surface area contributed by atoms with Crippen molar-refractivity contribution >= 4 is 15.9 Å². The molecule has 0 fully saturated rings. The second-order valence-electron chi connectivity index (χ2n) is 4.44. The molecule has 0 radical (unpaired) electrons. The molecule has 0 amide bonds. The molecule has 0 saturated carbocycles. The smallest absolute Gasteiger partial charge is 0.201 e. The van der Waals surface area contributed by atoms with E-state index in [-0.39, 0.29) is 5.75 Å². The van der Waals surface area contributed by atoms with Crippen LogP contribution >= 0.6 is 15.9 Å². The van der Waals surface area contributed by atoms with E-state index in [1.807, 2.05) is 19.1 Å². The SMILES string of the molecule is Cc1ccc(CCN)cc1Oc1cc(Br)cc(F)c1F. The maximum absolute atomic E-state index is 13.7. The highest BCUT2D eigenvalue weighted by Gasteiger charge is 2.13. The molecule has 2 nitrogen and oxygen atoms in total. The predicted molar refractivity (Wildman–Crippen MR) is 78.1 cm³/mol. The number of rotatable bonds is 4. The first-order chi connectivity index (χ1) is 9.51. The van der Waals surface area contributed by atoms with E-state index in [0.717, 1.165) is 17.2 Å². The molecular weight excluding hydrogens is 328 g/mol. The van der Waals surface area contributed by atoms with Gasteiger partial charge in [0, 0.05) is 4.47 Å². The summed E-state index contributed by atoms with van der Waals surface area (Å²) in [5.74, 6) is -1.61. The Balaban J connectivity index is 2.36. The molecule has 0 aromatic heterocycles. The van der Waals surface area contributed by atoms with Crippen LogP contribution in [0.3, 0.4) is 0 Å². The lowest BCUT2D eigenvalue weighted by atomic mass is 10.1. The summed E-state index contributed by atoms with van der Waals surface area (Å²) in [6, 6.07) is 8.05. The molecule has 0 aliphatic rings. The molecular formula is C15H14BrF2NO. The third-order valence-corrected chi connectivity index (χ3v) is 3.32. The van der Waals surface area contributed by atoms with Gasteiger partial charge in [0.15, 0.2) is 11.6 Å². The van der Waals surface area contributed by atoms with Gasteiger partial charge < -0.3 is 10.5 Å². The van der Waals surface area contributed by atoms with Crippen molar-refractivity contribution in [2.24, 2.45) is 5.73 Å². The van der Waals surface area contributed by atoms with Crippen LogP contribution < -0.4 is 10.5 Å². The Bertz CT molecular complexity index is 632. The molecule has 20 heavy (non-hydrogen) atoms. The minimum atomic E-state index is -1.00. The molecule has 0 aliphatic heterocycles. The van der Waals surface area contributed by atoms with Gasteiger partial charge >= 0.3 is 0 Å². The largest absolute Gasteiger partial charge is 0.454 e. The number of aryl methyl sites for hydroxylation is 1. The highest BCUT2D eigenvalue weighted by molar-refractivity contribution is 9.10. The van der Waals surface area contributed by atoms with Crippen molar-refractivity contribution in [2.45, 2.75) is 13.3 Å². The monoisotopic (exact) mass is 341 g/mol. The number of hydrogen-bond acceptors (Lipinski definition) is 2. The fraction of sp³-hybridized carbons (Fsp3) is 0.200. The first-order valence-corrected chi connectivity index (χ1v) is 6.92. The van der Waals surface area contributed by atoms with Gasteiger partial charge in [0.2, 0.25) is 5.82 Å². The Hall–Kier alpha value is -1.46. The van der Waals surface area contributed by atoms with Gasteiger partial charge in [-0.1, -0.05) is 28.1 Å². The zero-order valence-electron chi connectivity index (χ0n) is 10.9. The number of benzene rings is 2. The first-order valence-electron chi connectivity index (χ1n) is 6.13. The average Bonchev–Trinajstić information content (AvgIpc) is 2.39. The molecule has 0 unspecified atom stereocenters. The quantitative estimate of drug-likeness (QED) is 0.840. The number of hydrogen-bond donors (Lipinski definition) is 1. The van der Waals surface area contributed by atoms with E-state index in [4.69, 9.17) is 10.5 Å². The van der Waals surface area contributed by atoms with Gasteiger partial charge in [-0.3, -0.25) is 0 Å².